The number of para-hydroxylation sites is 1. The number of likely N-dealkylation sites (tertiary alicyclic amines) is 2. The van der Waals surface area contributed by atoms with Crippen LogP contribution in [0, 0.1) is 0 Å². The van der Waals surface area contributed by atoms with E-state index in [2.05, 4.69) is 75.4 Å². The lowest BCUT2D eigenvalue weighted by Gasteiger charge is -2.38. The van der Waals surface area contributed by atoms with Gasteiger partial charge in [-0.15, -0.1) is 0 Å². The fraction of sp³-hybridized carbons (Fsp3) is 0.407. The Balaban J connectivity index is 1.31. The zero-order valence-electron chi connectivity index (χ0n) is 18.5. The number of aromatic amines is 2. The number of H-pyrrole nitrogens is 2. The number of benzene rings is 2. The van der Waals surface area contributed by atoms with Crippen LogP contribution in [0.1, 0.15) is 30.9 Å². The van der Waals surface area contributed by atoms with Gasteiger partial charge < -0.3 is 19.8 Å². The highest BCUT2D eigenvalue weighted by molar-refractivity contribution is 5.93. The maximum absolute atomic E-state index is 3.73. The van der Waals surface area contributed by atoms with Gasteiger partial charge in [0.25, 0.3) is 0 Å². The van der Waals surface area contributed by atoms with E-state index < -0.39 is 0 Å². The molecule has 2 N–H and O–H groups in total. The van der Waals surface area contributed by atoms with Crippen molar-refractivity contribution in [2.75, 3.05) is 32.7 Å². The standard InChI is InChI=1S/C27H32N4/c1-19-9-15-31(19)16-10-21-18-28-26-17-20(7-8-22(21)26)27-24(11-14-30-12-4-13-30)23-5-2-3-6-25(23)29-27/h2-3,5-8,17-19,28-29H,4,9-16H2,1H3. The van der Waals surface area contributed by atoms with Crippen molar-refractivity contribution in [2.24, 2.45) is 0 Å². The van der Waals surface area contributed by atoms with Crippen molar-refractivity contribution in [1.82, 2.24) is 19.8 Å². The lowest BCUT2D eigenvalue weighted by Crippen LogP contribution is -2.46. The van der Waals surface area contributed by atoms with Crippen molar-refractivity contribution in [3.63, 3.8) is 0 Å². The van der Waals surface area contributed by atoms with Crippen LogP contribution < -0.4 is 0 Å². The normalized spacial score (nSPS) is 19.7. The predicted molar refractivity (Wildman–Crippen MR) is 130 cm³/mol. The number of aromatic nitrogens is 2. The average Bonchev–Trinajstić information content (AvgIpc) is 3.33. The number of hydrogen-bond acceptors (Lipinski definition) is 2. The van der Waals surface area contributed by atoms with Crippen molar-refractivity contribution >= 4 is 21.8 Å². The first-order valence-electron chi connectivity index (χ1n) is 11.9. The molecule has 4 nitrogen and oxygen atoms in total. The molecule has 6 rings (SSSR count). The molecule has 4 heteroatoms. The first-order valence-corrected chi connectivity index (χ1v) is 11.9. The van der Waals surface area contributed by atoms with Crippen LogP contribution in [0.2, 0.25) is 0 Å². The summed E-state index contributed by atoms with van der Waals surface area (Å²) in [6.07, 6.45) is 7.14. The van der Waals surface area contributed by atoms with E-state index in [1.54, 1.807) is 0 Å². The Labute approximate surface area is 184 Å². The number of nitrogens with zero attached hydrogens (tertiary/aromatic N) is 2. The highest BCUT2D eigenvalue weighted by Gasteiger charge is 2.23. The van der Waals surface area contributed by atoms with Crippen LogP contribution in [0.15, 0.2) is 48.7 Å². The zero-order valence-corrected chi connectivity index (χ0v) is 18.5. The van der Waals surface area contributed by atoms with Gasteiger partial charge >= 0.3 is 0 Å². The van der Waals surface area contributed by atoms with Crippen molar-refractivity contribution < 1.29 is 0 Å². The summed E-state index contributed by atoms with van der Waals surface area (Å²) in [6, 6.07) is 16.5. The topological polar surface area (TPSA) is 38.1 Å². The minimum atomic E-state index is 0.758. The SMILES string of the molecule is CC1CCN1CCc1c[nH]c2cc(-c3[nH]c4ccccc4c3CCN3CCC3)ccc12. The van der Waals surface area contributed by atoms with Gasteiger partial charge in [-0.1, -0.05) is 30.3 Å². The molecule has 2 saturated heterocycles. The molecule has 0 amide bonds. The molecule has 2 aliphatic rings. The molecule has 2 aliphatic heterocycles. The molecule has 1 unspecified atom stereocenters. The highest BCUT2D eigenvalue weighted by Crippen LogP contribution is 2.33. The van der Waals surface area contributed by atoms with Crippen LogP contribution in [0.25, 0.3) is 33.1 Å². The van der Waals surface area contributed by atoms with Crippen molar-refractivity contribution in [3.8, 4) is 11.3 Å². The van der Waals surface area contributed by atoms with E-state index in [9.17, 15) is 0 Å². The van der Waals surface area contributed by atoms with Crippen LogP contribution in [0.3, 0.4) is 0 Å². The van der Waals surface area contributed by atoms with E-state index in [0.717, 1.165) is 25.4 Å². The van der Waals surface area contributed by atoms with Crippen LogP contribution in [-0.4, -0.2) is 58.5 Å². The second-order valence-electron chi connectivity index (χ2n) is 9.47. The first kappa shape index (κ1) is 19.1. The van der Waals surface area contributed by atoms with Crippen LogP contribution >= 0.6 is 0 Å². The molecule has 4 aromatic rings. The van der Waals surface area contributed by atoms with Crippen LogP contribution in [-0.2, 0) is 12.8 Å². The van der Waals surface area contributed by atoms with Crippen molar-refractivity contribution in [1.29, 1.82) is 0 Å². The summed E-state index contributed by atoms with van der Waals surface area (Å²) >= 11 is 0. The molecule has 2 aromatic heterocycles. The minimum Gasteiger partial charge on any atom is -0.361 e. The maximum Gasteiger partial charge on any atom is 0.0498 e. The summed E-state index contributed by atoms with van der Waals surface area (Å²) in [4.78, 5) is 12.4. The van der Waals surface area contributed by atoms with Gasteiger partial charge in [0.2, 0.25) is 0 Å². The molecular weight excluding hydrogens is 380 g/mol. The fourth-order valence-corrected chi connectivity index (χ4v) is 5.30. The summed E-state index contributed by atoms with van der Waals surface area (Å²) < 4.78 is 0. The molecule has 0 saturated carbocycles. The third-order valence-electron chi connectivity index (χ3n) is 7.62. The number of nitrogens with one attached hydrogen (secondary N) is 2. The lowest BCUT2D eigenvalue weighted by molar-refractivity contribution is 0.107. The Kier molecular flexibility index (Phi) is 4.85. The van der Waals surface area contributed by atoms with E-state index in [1.807, 2.05) is 0 Å². The maximum atomic E-state index is 3.73. The monoisotopic (exact) mass is 412 g/mol. The molecule has 31 heavy (non-hydrogen) atoms. The molecule has 0 spiro atoms. The van der Waals surface area contributed by atoms with Gasteiger partial charge in [0, 0.05) is 58.4 Å². The first-order chi connectivity index (χ1) is 15.3. The second kappa shape index (κ2) is 7.85. The second-order valence-corrected chi connectivity index (χ2v) is 9.47. The summed E-state index contributed by atoms with van der Waals surface area (Å²) in [5.74, 6) is 0. The molecule has 0 radical (unpaired) electrons. The number of hydrogen-bond donors (Lipinski definition) is 2. The highest BCUT2D eigenvalue weighted by atomic mass is 15.2. The third kappa shape index (κ3) is 3.48. The Morgan fingerprint density at radius 3 is 2.61 bits per heavy atom. The van der Waals surface area contributed by atoms with Crippen LogP contribution in [0.5, 0.6) is 0 Å². The molecule has 2 aromatic carbocycles. The smallest absolute Gasteiger partial charge is 0.0498 e. The van der Waals surface area contributed by atoms with E-state index in [4.69, 9.17) is 0 Å². The fourth-order valence-electron chi connectivity index (χ4n) is 5.30. The minimum absolute atomic E-state index is 0.758. The average molecular weight is 413 g/mol. The summed E-state index contributed by atoms with van der Waals surface area (Å²) in [5.41, 5.74) is 7.96. The Morgan fingerprint density at radius 2 is 1.84 bits per heavy atom. The van der Waals surface area contributed by atoms with E-state index in [0.29, 0.717) is 0 Å². The largest absolute Gasteiger partial charge is 0.361 e. The Hall–Kier alpha value is -2.56. The lowest BCUT2D eigenvalue weighted by atomic mass is 9.99. The van der Waals surface area contributed by atoms with Gasteiger partial charge in [-0.2, -0.15) is 0 Å². The molecule has 2 fully saturated rings. The van der Waals surface area contributed by atoms with E-state index >= 15 is 0 Å². The van der Waals surface area contributed by atoms with Crippen molar-refractivity contribution in [3.05, 3.63) is 59.8 Å². The van der Waals surface area contributed by atoms with Gasteiger partial charge in [0.1, 0.15) is 0 Å². The molecule has 1 atom stereocenters. The summed E-state index contributed by atoms with van der Waals surface area (Å²) in [5, 5.41) is 2.74. The quantitative estimate of drug-likeness (QED) is 0.438. The number of fused-ring (bicyclic) bond motifs is 2. The summed E-state index contributed by atoms with van der Waals surface area (Å²) in [7, 11) is 0. The van der Waals surface area contributed by atoms with E-state index in [-0.39, 0.29) is 0 Å². The molecule has 0 aliphatic carbocycles. The number of rotatable bonds is 7. The predicted octanol–water partition coefficient (Wildman–Crippen LogP) is 5.20. The summed E-state index contributed by atoms with van der Waals surface area (Å²) in [6.45, 7) is 8.42. The van der Waals surface area contributed by atoms with Crippen molar-refractivity contribution in [2.45, 2.75) is 38.6 Å². The van der Waals surface area contributed by atoms with Gasteiger partial charge in [0.05, 0.1) is 0 Å². The van der Waals surface area contributed by atoms with Gasteiger partial charge in [-0.25, -0.2) is 0 Å². The van der Waals surface area contributed by atoms with Crippen LogP contribution in [0.4, 0.5) is 0 Å². The molecule has 160 valence electrons. The van der Waals surface area contributed by atoms with Gasteiger partial charge in [-0.3, -0.25) is 0 Å². The van der Waals surface area contributed by atoms with E-state index in [1.165, 1.54) is 83.2 Å². The Bertz CT molecular complexity index is 1210. The van der Waals surface area contributed by atoms with Gasteiger partial charge in [0.15, 0.2) is 0 Å². The molecular formula is C27H32N4. The molecule has 0 bridgehead atoms. The zero-order chi connectivity index (χ0) is 20.8. The molecule has 4 heterocycles. The third-order valence-corrected chi connectivity index (χ3v) is 7.62. The van der Waals surface area contributed by atoms with Gasteiger partial charge in [-0.05, 0) is 75.5 Å². The Morgan fingerprint density at radius 1 is 0.935 bits per heavy atom.